The molecule has 1 aliphatic heterocycles. The van der Waals surface area contributed by atoms with Gasteiger partial charge in [0.05, 0.1) is 5.69 Å². The van der Waals surface area contributed by atoms with Crippen LogP contribution in [0.15, 0.2) is 30.7 Å². The lowest BCUT2D eigenvalue weighted by atomic mass is 9.93. The van der Waals surface area contributed by atoms with E-state index in [2.05, 4.69) is 65.6 Å². The van der Waals surface area contributed by atoms with E-state index in [0.717, 1.165) is 36.3 Å². The molecule has 0 saturated carbocycles. The summed E-state index contributed by atoms with van der Waals surface area (Å²) in [7, 11) is 0. The molecule has 5 heteroatoms. The third-order valence-electron chi connectivity index (χ3n) is 5.47. The van der Waals surface area contributed by atoms with Crippen molar-refractivity contribution >= 4 is 16.6 Å². The molecule has 26 heavy (non-hydrogen) atoms. The van der Waals surface area contributed by atoms with E-state index < -0.39 is 0 Å². The van der Waals surface area contributed by atoms with Gasteiger partial charge in [-0.05, 0) is 66.3 Å². The molecule has 0 saturated heterocycles. The van der Waals surface area contributed by atoms with Gasteiger partial charge in [0, 0.05) is 29.2 Å². The fourth-order valence-electron chi connectivity index (χ4n) is 4.25. The van der Waals surface area contributed by atoms with E-state index in [-0.39, 0.29) is 0 Å². The first kappa shape index (κ1) is 15.6. The summed E-state index contributed by atoms with van der Waals surface area (Å²) in [5.41, 5.74) is 9.92. The minimum absolute atomic E-state index is 0.431. The van der Waals surface area contributed by atoms with Gasteiger partial charge in [0.2, 0.25) is 0 Å². The average molecular weight is 345 g/mol. The molecule has 5 nitrogen and oxygen atoms in total. The summed E-state index contributed by atoms with van der Waals surface area (Å²) in [6, 6.07) is 6.94. The number of benzene rings is 1. The highest BCUT2D eigenvalue weighted by molar-refractivity contribution is 5.92. The Hall–Kier alpha value is -2.66. The Morgan fingerprint density at radius 3 is 2.88 bits per heavy atom. The van der Waals surface area contributed by atoms with Crippen LogP contribution in [0.4, 0.5) is 0 Å². The number of aromatic amines is 1. The van der Waals surface area contributed by atoms with Crippen molar-refractivity contribution in [1.82, 2.24) is 24.9 Å². The molecule has 0 fully saturated rings. The quantitative estimate of drug-likeness (QED) is 0.578. The highest BCUT2D eigenvalue weighted by Gasteiger charge is 2.20. The molecule has 0 bridgehead atoms. The van der Waals surface area contributed by atoms with Gasteiger partial charge in [-0.3, -0.25) is 0 Å². The minimum Gasteiger partial charge on any atom is -0.354 e. The molecule has 1 aromatic carbocycles. The molecule has 2 N–H and O–H groups in total. The zero-order valence-corrected chi connectivity index (χ0v) is 15.4. The molecule has 0 amide bonds. The van der Waals surface area contributed by atoms with Crippen LogP contribution in [0.2, 0.25) is 0 Å². The maximum Gasteiger partial charge on any atom is 0.158 e. The van der Waals surface area contributed by atoms with E-state index in [1.807, 2.05) is 4.52 Å². The summed E-state index contributed by atoms with van der Waals surface area (Å²) in [6.45, 7) is 8.66. The van der Waals surface area contributed by atoms with Crippen LogP contribution in [0.25, 0.3) is 27.8 Å². The number of hydrogen-bond acceptors (Lipinski definition) is 3. The van der Waals surface area contributed by atoms with Crippen LogP contribution in [0, 0.1) is 6.92 Å². The van der Waals surface area contributed by atoms with Gasteiger partial charge in [-0.2, -0.15) is 5.10 Å². The average Bonchev–Trinajstić information content (AvgIpc) is 3.23. The van der Waals surface area contributed by atoms with Crippen molar-refractivity contribution in [3.05, 3.63) is 53.0 Å². The minimum atomic E-state index is 0.431. The number of nitrogens with zero attached hydrogens (tertiary/aromatic N) is 3. The first-order chi connectivity index (χ1) is 12.6. The summed E-state index contributed by atoms with van der Waals surface area (Å²) >= 11 is 0. The van der Waals surface area contributed by atoms with Crippen LogP contribution in [-0.4, -0.2) is 26.1 Å². The third-order valence-corrected chi connectivity index (χ3v) is 5.47. The zero-order valence-electron chi connectivity index (χ0n) is 15.4. The molecule has 5 rings (SSSR count). The van der Waals surface area contributed by atoms with E-state index >= 15 is 0 Å². The van der Waals surface area contributed by atoms with Crippen LogP contribution in [0.1, 0.15) is 42.0 Å². The molecule has 0 atom stereocenters. The largest absolute Gasteiger partial charge is 0.354 e. The Balaban J connectivity index is 1.79. The molecule has 0 spiro atoms. The molecule has 4 heterocycles. The van der Waals surface area contributed by atoms with E-state index in [1.165, 1.54) is 33.3 Å². The number of pyridine rings is 1. The van der Waals surface area contributed by atoms with Crippen molar-refractivity contribution in [3.63, 3.8) is 0 Å². The fourth-order valence-corrected chi connectivity index (χ4v) is 4.25. The number of fused-ring (bicyclic) bond motifs is 3. The van der Waals surface area contributed by atoms with Gasteiger partial charge < -0.3 is 10.3 Å². The van der Waals surface area contributed by atoms with Gasteiger partial charge in [0.1, 0.15) is 6.33 Å². The van der Waals surface area contributed by atoms with Gasteiger partial charge in [0.25, 0.3) is 0 Å². The standard InChI is InChI=1S/C21H23N5/c1-12(2)19-17-7-15-9-22-5-4-14(15)8-18(17)25-20(19)16-6-13(3)21-23-11-24-26(21)10-16/h6-8,10-12,22,25H,4-5,9H2,1-3H3. The maximum atomic E-state index is 4.34. The van der Waals surface area contributed by atoms with Crippen LogP contribution in [-0.2, 0) is 13.0 Å². The second-order valence-electron chi connectivity index (χ2n) is 7.60. The van der Waals surface area contributed by atoms with E-state index in [9.17, 15) is 0 Å². The second-order valence-corrected chi connectivity index (χ2v) is 7.60. The summed E-state index contributed by atoms with van der Waals surface area (Å²) in [4.78, 5) is 8.05. The van der Waals surface area contributed by atoms with Crippen molar-refractivity contribution in [3.8, 4) is 11.3 Å². The van der Waals surface area contributed by atoms with Crippen LogP contribution < -0.4 is 5.32 Å². The summed E-state index contributed by atoms with van der Waals surface area (Å²) in [5, 5.41) is 9.17. The second kappa shape index (κ2) is 5.68. The van der Waals surface area contributed by atoms with Gasteiger partial charge in [-0.25, -0.2) is 9.50 Å². The Morgan fingerprint density at radius 2 is 2.04 bits per heavy atom. The topological polar surface area (TPSA) is 58.0 Å². The molecule has 0 aliphatic carbocycles. The molecular weight excluding hydrogens is 322 g/mol. The summed E-state index contributed by atoms with van der Waals surface area (Å²) in [5.74, 6) is 0.431. The lowest BCUT2D eigenvalue weighted by Gasteiger charge is -2.17. The highest BCUT2D eigenvalue weighted by Crippen LogP contribution is 2.37. The SMILES string of the molecule is Cc1cc(-c2[nH]c3cc4c(cc3c2C(C)C)CNCC4)cn2ncnc12. The maximum absolute atomic E-state index is 4.34. The Bertz CT molecular complexity index is 1130. The smallest absolute Gasteiger partial charge is 0.158 e. The third kappa shape index (κ3) is 2.27. The van der Waals surface area contributed by atoms with Crippen molar-refractivity contribution in [2.24, 2.45) is 0 Å². The van der Waals surface area contributed by atoms with Crippen molar-refractivity contribution < 1.29 is 0 Å². The van der Waals surface area contributed by atoms with Crippen LogP contribution >= 0.6 is 0 Å². The first-order valence-electron chi connectivity index (χ1n) is 9.30. The molecule has 132 valence electrons. The Kier molecular flexibility index (Phi) is 3.40. The highest BCUT2D eigenvalue weighted by atomic mass is 15.3. The number of hydrogen-bond donors (Lipinski definition) is 2. The van der Waals surface area contributed by atoms with E-state index in [4.69, 9.17) is 0 Å². The predicted molar refractivity (Wildman–Crippen MR) is 105 cm³/mol. The van der Waals surface area contributed by atoms with Crippen LogP contribution in [0.5, 0.6) is 0 Å². The van der Waals surface area contributed by atoms with E-state index in [0.29, 0.717) is 5.92 Å². The molecule has 0 radical (unpaired) electrons. The molecular formula is C21H23N5. The summed E-state index contributed by atoms with van der Waals surface area (Å²) in [6.07, 6.45) is 4.79. The van der Waals surface area contributed by atoms with Gasteiger partial charge in [-0.1, -0.05) is 13.8 Å². The number of rotatable bonds is 2. The van der Waals surface area contributed by atoms with Crippen molar-refractivity contribution in [2.45, 2.75) is 39.7 Å². The van der Waals surface area contributed by atoms with Crippen molar-refractivity contribution in [2.75, 3.05) is 6.54 Å². The lowest BCUT2D eigenvalue weighted by Crippen LogP contribution is -2.23. The lowest BCUT2D eigenvalue weighted by molar-refractivity contribution is 0.645. The monoisotopic (exact) mass is 345 g/mol. The van der Waals surface area contributed by atoms with Crippen LogP contribution in [0.3, 0.4) is 0 Å². The number of nitrogens with one attached hydrogen (secondary N) is 2. The summed E-state index contributed by atoms with van der Waals surface area (Å²) < 4.78 is 1.87. The number of aromatic nitrogens is 4. The van der Waals surface area contributed by atoms with Gasteiger partial charge in [-0.15, -0.1) is 0 Å². The number of aryl methyl sites for hydroxylation is 1. The molecule has 4 aromatic rings. The van der Waals surface area contributed by atoms with E-state index in [1.54, 1.807) is 6.33 Å². The first-order valence-corrected chi connectivity index (χ1v) is 9.30. The molecule has 3 aromatic heterocycles. The molecule has 1 aliphatic rings. The predicted octanol–water partition coefficient (Wildman–Crippen LogP) is 3.96. The normalized spacial score (nSPS) is 14.5. The number of H-pyrrole nitrogens is 1. The van der Waals surface area contributed by atoms with Gasteiger partial charge in [0.15, 0.2) is 5.65 Å². The Labute approximate surface area is 152 Å². The fraction of sp³-hybridized carbons (Fsp3) is 0.333. The zero-order chi connectivity index (χ0) is 17.8. The van der Waals surface area contributed by atoms with Gasteiger partial charge >= 0.3 is 0 Å². The molecule has 0 unspecified atom stereocenters. The van der Waals surface area contributed by atoms with Crippen molar-refractivity contribution in [1.29, 1.82) is 0 Å². The Morgan fingerprint density at radius 1 is 1.15 bits per heavy atom.